The van der Waals surface area contributed by atoms with Gasteiger partial charge in [0.15, 0.2) is 0 Å². The highest BCUT2D eigenvalue weighted by molar-refractivity contribution is 6.31. The maximum atomic E-state index is 6.13. The first-order valence-electron chi connectivity index (χ1n) is 4.82. The molecule has 0 atom stereocenters. The molecule has 0 spiro atoms. The van der Waals surface area contributed by atoms with Crippen LogP contribution in [0.3, 0.4) is 0 Å². The third kappa shape index (κ3) is 2.02. The first-order chi connectivity index (χ1) is 6.79. The molecule has 1 aromatic carbocycles. The van der Waals surface area contributed by atoms with Gasteiger partial charge in [-0.25, -0.2) is 0 Å². The van der Waals surface area contributed by atoms with Gasteiger partial charge in [-0.3, -0.25) is 0 Å². The fourth-order valence-electron chi connectivity index (χ4n) is 1.62. The van der Waals surface area contributed by atoms with Gasteiger partial charge >= 0.3 is 0 Å². The van der Waals surface area contributed by atoms with E-state index in [1.54, 1.807) is 7.11 Å². The predicted molar refractivity (Wildman–Crippen MR) is 58.1 cm³/mol. The van der Waals surface area contributed by atoms with Gasteiger partial charge in [0.05, 0.1) is 7.11 Å². The van der Waals surface area contributed by atoms with Gasteiger partial charge in [0.25, 0.3) is 0 Å². The second-order valence-electron chi connectivity index (χ2n) is 3.69. The van der Waals surface area contributed by atoms with Crippen molar-refractivity contribution in [1.82, 2.24) is 5.32 Å². The van der Waals surface area contributed by atoms with Crippen LogP contribution < -0.4 is 10.1 Å². The van der Waals surface area contributed by atoms with Crippen molar-refractivity contribution in [1.29, 1.82) is 0 Å². The van der Waals surface area contributed by atoms with Crippen LogP contribution in [0.2, 0.25) is 5.02 Å². The lowest BCUT2D eigenvalue weighted by atomic mass is 9.94. The summed E-state index contributed by atoms with van der Waals surface area (Å²) in [4.78, 5) is 0. The van der Waals surface area contributed by atoms with Crippen LogP contribution >= 0.6 is 11.6 Å². The lowest BCUT2D eigenvalue weighted by Crippen LogP contribution is -2.43. The Morgan fingerprint density at radius 3 is 2.79 bits per heavy atom. The van der Waals surface area contributed by atoms with Crippen molar-refractivity contribution in [2.45, 2.75) is 6.42 Å². The Labute approximate surface area is 89.2 Å². The number of hydrogen-bond donors (Lipinski definition) is 1. The van der Waals surface area contributed by atoms with Crippen molar-refractivity contribution in [2.75, 3.05) is 20.2 Å². The number of benzene rings is 1. The molecule has 76 valence electrons. The summed E-state index contributed by atoms with van der Waals surface area (Å²) in [5, 5.41) is 4.07. The number of methoxy groups -OCH3 is 1. The third-order valence-electron chi connectivity index (χ3n) is 2.63. The van der Waals surface area contributed by atoms with Crippen molar-refractivity contribution in [3.8, 4) is 5.75 Å². The molecule has 1 fully saturated rings. The lowest BCUT2D eigenvalue weighted by Gasteiger charge is -2.27. The third-order valence-corrected chi connectivity index (χ3v) is 2.99. The molecule has 1 aromatic rings. The summed E-state index contributed by atoms with van der Waals surface area (Å²) in [5.41, 5.74) is 1.22. The highest BCUT2D eigenvalue weighted by Crippen LogP contribution is 2.25. The van der Waals surface area contributed by atoms with E-state index in [9.17, 15) is 0 Å². The number of ether oxygens (including phenoxy) is 1. The van der Waals surface area contributed by atoms with Gasteiger partial charge in [-0.15, -0.1) is 0 Å². The maximum absolute atomic E-state index is 6.13. The Morgan fingerprint density at radius 1 is 1.50 bits per heavy atom. The molecule has 0 unspecified atom stereocenters. The summed E-state index contributed by atoms with van der Waals surface area (Å²) in [7, 11) is 1.65. The largest absolute Gasteiger partial charge is 0.497 e. The molecule has 1 aliphatic rings. The van der Waals surface area contributed by atoms with E-state index in [0.29, 0.717) is 0 Å². The Balaban J connectivity index is 2.09. The Bertz CT molecular complexity index is 323. The minimum Gasteiger partial charge on any atom is -0.497 e. The van der Waals surface area contributed by atoms with Crippen molar-refractivity contribution in [3.63, 3.8) is 0 Å². The molecule has 0 amide bonds. The van der Waals surface area contributed by atoms with E-state index in [0.717, 1.165) is 36.2 Å². The maximum Gasteiger partial charge on any atom is 0.120 e. The molecule has 1 N–H and O–H groups in total. The number of halogens is 1. The van der Waals surface area contributed by atoms with Crippen LogP contribution in [0.1, 0.15) is 5.56 Å². The van der Waals surface area contributed by atoms with E-state index in [1.165, 1.54) is 5.56 Å². The summed E-state index contributed by atoms with van der Waals surface area (Å²) in [6, 6.07) is 5.90. The number of nitrogens with one attached hydrogen (secondary N) is 1. The highest BCUT2D eigenvalue weighted by atomic mass is 35.5. The smallest absolute Gasteiger partial charge is 0.120 e. The van der Waals surface area contributed by atoms with Crippen LogP contribution in [0, 0.1) is 5.92 Å². The zero-order valence-corrected chi connectivity index (χ0v) is 8.97. The summed E-state index contributed by atoms with van der Waals surface area (Å²) in [5.74, 6) is 1.58. The first kappa shape index (κ1) is 9.81. The quantitative estimate of drug-likeness (QED) is 0.827. The first-order valence-corrected chi connectivity index (χ1v) is 5.20. The van der Waals surface area contributed by atoms with E-state index >= 15 is 0 Å². The topological polar surface area (TPSA) is 21.3 Å². The van der Waals surface area contributed by atoms with E-state index in [4.69, 9.17) is 16.3 Å². The van der Waals surface area contributed by atoms with Gasteiger partial charge < -0.3 is 10.1 Å². The summed E-state index contributed by atoms with van der Waals surface area (Å²) >= 11 is 6.13. The molecule has 0 saturated carbocycles. The average Bonchev–Trinajstić information content (AvgIpc) is 2.13. The lowest BCUT2D eigenvalue weighted by molar-refractivity contribution is 0.346. The molecule has 1 saturated heterocycles. The fourth-order valence-corrected chi connectivity index (χ4v) is 1.87. The molecule has 0 bridgehead atoms. The zero-order valence-electron chi connectivity index (χ0n) is 8.22. The van der Waals surface area contributed by atoms with Crippen LogP contribution in [0.4, 0.5) is 0 Å². The molecule has 3 heteroatoms. The van der Waals surface area contributed by atoms with Crippen LogP contribution in [0.15, 0.2) is 18.2 Å². The molecule has 1 heterocycles. The Kier molecular flexibility index (Phi) is 2.94. The molecule has 0 aliphatic carbocycles. The molecule has 14 heavy (non-hydrogen) atoms. The second kappa shape index (κ2) is 4.20. The minimum atomic E-state index is 0.751. The zero-order chi connectivity index (χ0) is 9.97. The second-order valence-corrected chi connectivity index (χ2v) is 4.09. The van der Waals surface area contributed by atoms with E-state index in [1.807, 2.05) is 12.1 Å². The van der Waals surface area contributed by atoms with Crippen LogP contribution in [0.25, 0.3) is 0 Å². The molecular formula is C11H14ClNO. The molecule has 0 radical (unpaired) electrons. The fraction of sp³-hybridized carbons (Fsp3) is 0.455. The van der Waals surface area contributed by atoms with Crippen molar-refractivity contribution in [3.05, 3.63) is 28.8 Å². The molecule has 2 rings (SSSR count). The minimum absolute atomic E-state index is 0.751. The molecule has 2 nitrogen and oxygen atoms in total. The van der Waals surface area contributed by atoms with Crippen molar-refractivity contribution < 1.29 is 4.74 Å². The molecule has 0 aromatic heterocycles. The van der Waals surface area contributed by atoms with Gasteiger partial charge in [-0.2, -0.15) is 0 Å². The van der Waals surface area contributed by atoms with Crippen molar-refractivity contribution >= 4 is 11.6 Å². The standard InChI is InChI=1S/C11H14ClNO/c1-14-10-3-2-9(11(12)5-10)4-8-6-13-7-8/h2-3,5,8,13H,4,6-7H2,1H3. The van der Waals surface area contributed by atoms with Crippen molar-refractivity contribution in [2.24, 2.45) is 5.92 Å². The van der Waals surface area contributed by atoms with Crippen LogP contribution in [-0.2, 0) is 6.42 Å². The molecular weight excluding hydrogens is 198 g/mol. The van der Waals surface area contributed by atoms with Gasteiger partial charge in [-0.05, 0) is 43.1 Å². The van der Waals surface area contributed by atoms with Gasteiger partial charge in [0, 0.05) is 5.02 Å². The van der Waals surface area contributed by atoms with E-state index < -0.39 is 0 Å². The SMILES string of the molecule is COc1ccc(CC2CNC2)c(Cl)c1. The summed E-state index contributed by atoms with van der Waals surface area (Å²) in [6.45, 7) is 2.23. The highest BCUT2D eigenvalue weighted by Gasteiger charge is 2.18. The van der Waals surface area contributed by atoms with Gasteiger partial charge in [0.2, 0.25) is 0 Å². The Hall–Kier alpha value is -0.730. The summed E-state index contributed by atoms with van der Waals surface area (Å²) in [6.07, 6.45) is 1.07. The van der Waals surface area contributed by atoms with Crippen LogP contribution in [0.5, 0.6) is 5.75 Å². The predicted octanol–water partition coefficient (Wildman–Crippen LogP) is 2.11. The average molecular weight is 212 g/mol. The van der Waals surface area contributed by atoms with Gasteiger partial charge in [0.1, 0.15) is 5.75 Å². The normalized spacial score (nSPS) is 16.4. The van der Waals surface area contributed by atoms with Crippen LogP contribution in [-0.4, -0.2) is 20.2 Å². The van der Waals surface area contributed by atoms with E-state index in [2.05, 4.69) is 11.4 Å². The summed E-state index contributed by atoms with van der Waals surface area (Å²) < 4.78 is 5.10. The van der Waals surface area contributed by atoms with Gasteiger partial charge in [-0.1, -0.05) is 17.7 Å². The monoisotopic (exact) mass is 211 g/mol. The molecule has 1 aliphatic heterocycles. The number of hydrogen-bond acceptors (Lipinski definition) is 2. The van der Waals surface area contributed by atoms with E-state index in [-0.39, 0.29) is 0 Å². The number of rotatable bonds is 3. The Morgan fingerprint density at radius 2 is 2.29 bits per heavy atom.